The summed E-state index contributed by atoms with van der Waals surface area (Å²) in [6, 6.07) is 0. The average molecular weight is 481 g/mol. The Morgan fingerprint density at radius 1 is 0.774 bits per heavy atom. The summed E-state index contributed by atoms with van der Waals surface area (Å²) in [7, 11) is 0. The van der Waals surface area contributed by atoms with Crippen molar-refractivity contribution in [2.24, 2.45) is 0 Å². The van der Waals surface area contributed by atoms with Crippen LogP contribution in [0.15, 0.2) is 0 Å². The van der Waals surface area contributed by atoms with Gasteiger partial charge >= 0.3 is 0 Å². The summed E-state index contributed by atoms with van der Waals surface area (Å²) in [6.45, 7) is 12.0. The topological polar surface area (TPSA) is 95.8 Å². The largest absolute Gasteiger partial charge is 0.394 e. The Morgan fingerprint density at radius 3 is 1.90 bits per heavy atom. The van der Waals surface area contributed by atoms with Gasteiger partial charge in [-0.1, -0.05) is 0 Å². The Kier molecular flexibility index (Phi) is 7.01. The van der Waals surface area contributed by atoms with Crippen LogP contribution < -0.4 is 0 Å². The van der Waals surface area contributed by atoms with Crippen molar-refractivity contribution in [2.75, 3.05) is 24.7 Å². The SMILES string of the molecule is CC1(C)OCC([C@@H]2SC[C@H]3OC(C)(C)O[C@H]32)O1.CC1(C)O[C@@H]2[C@@H](CS[C@H]2C(O)CO)O1. The molecule has 2 N–H and O–H groups in total. The number of hydrogen-bond acceptors (Lipinski definition) is 10. The molecule has 0 aliphatic carbocycles. The van der Waals surface area contributed by atoms with Crippen LogP contribution in [0.4, 0.5) is 0 Å². The average Bonchev–Trinajstić information content (AvgIpc) is 3.41. The molecule has 8 atom stereocenters. The zero-order chi connectivity index (χ0) is 22.6. The molecule has 2 unspecified atom stereocenters. The van der Waals surface area contributed by atoms with Crippen LogP contribution in [0, 0.1) is 0 Å². The van der Waals surface area contributed by atoms with E-state index in [4.69, 9.17) is 33.5 Å². The molecular formula is C21H36O8S2. The maximum absolute atomic E-state index is 9.57. The highest BCUT2D eigenvalue weighted by Crippen LogP contribution is 2.45. The lowest BCUT2D eigenvalue weighted by molar-refractivity contribution is -0.154. The van der Waals surface area contributed by atoms with E-state index in [2.05, 4.69) is 0 Å². The summed E-state index contributed by atoms with van der Waals surface area (Å²) in [5.41, 5.74) is 0. The smallest absolute Gasteiger partial charge is 0.163 e. The number of thioether (sulfide) groups is 2. The van der Waals surface area contributed by atoms with Gasteiger partial charge in [0.1, 0.15) is 12.2 Å². The third kappa shape index (κ3) is 5.39. The maximum atomic E-state index is 9.57. The Morgan fingerprint density at radius 2 is 1.32 bits per heavy atom. The van der Waals surface area contributed by atoms with Gasteiger partial charge < -0.3 is 38.6 Å². The molecule has 0 aromatic heterocycles. The number of rotatable bonds is 3. The van der Waals surface area contributed by atoms with Gasteiger partial charge in [-0.05, 0) is 41.5 Å². The zero-order valence-electron chi connectivity index (χ0n) is 19.1. The van der Waals surface area contributed by atoms with Crippen LogP contribution in [-0.2, 0) is 28.4 Å². The van der Waals surface area contributed by atoms with Gasteiger partial charge in [0.05, 0.1) is 48.1 Å². The minimum absolute atomic E-state index is 0.0567. The molecule has 0 aromatic rings. The van der Waals surface area contributed by atoms with Crippen LogP contribution in [0.2, 0.25) is 0 Å². The summed E-state index contributed by atoms with van der Waals surface area (Å²) >= 11 is 3.49. The molecule has 5 rings (SSSR count). The van der Waals surface area contributed by atoms with Gasteiger partial charge in [-0.15, -0.1) is 0 Å². The maximum Gasteiger partial charge on any atom is 0.163 e. The van der Waals surface area contributed by atoms with Crippen molar-refractivity contribution in [1.29, 1.82) is 0 Å². The van der Waals surface area contributed by atoms with Crippen molar-refractivity contribution in [2.45, 2.75) is 106 Å². The first-order valence-corrected chi connectivity index (χ1v) is 13.0. The van der Waals surface area contributed by atoms with Gasteiger partial charge in [-0.25, -0.2) is 0 Å². The normalized spacial score (nSPS) is 45.1. The Bertz CT molecular complexity index is 645. The molecule has 5 aliphatic heterocycles. The van der Waals surface area contributed by atoms with Crippen LogP contribution in [0.5, 0.6) is 0 Å². The molecule has 5 fully saturated rings. The molecule has 31 heavy (non-hydrogen) atoms. The second-order valence-electron chi connectivity index (χ2n) is 9.99. The summed E-state index contributed by atoms with van der Waals surface area (Å²) < 4.78 is 34.8. The Balaban J connectivity index is 0.000000152. The summed E-state index contributed by atoms with van der Waals surface area (Å²) in [6.07, 6.45) is -0.293. The summed E-state index contributed by atoms with van der Waals surface area (Å²) in [5.74, 6) is 0.348. The molecule has 0 amide bonds. The summed E-state index contributed by atoms with van der Waals surface area (Å²) in [5, 5.41) is 18.7. The molecule has 0 aromatic carbocycles. The molecule has 180 valence electrons. The van der Waals surface area contributed by atoms with E-state index in [0.29, 0.717) is 11.9 Å². The fourth-order valence-electron chi connectivity index (χ4n) is 4.77. The molecular weight excluding hydrogens is 444 g/mol. The van der Waals surface area contributed by atoms with E-state index in [1.165, 1.54) is 0 Å². The molecule has 5 saturated heterocycles. The first kappa shape index (κ1) is 24.5. The quantitative estimate of drug-likeness (QED) is 0.622. The Hall–Kier alpha value is 0.380. The first-order chi connectivity index (χ1) is 14.4. The highest BCUT2D eigenvalue weighted by molar-refractivity contribution is 8.00. The lowest BCUT2D eigenvalue weighted by Gasteiger charge is -2.25. The predicted octanol–water partition coefficient (Wildman–Crippen LogP) is 1.75. The van der Waals surface area contributed by atoms with Crippen molar-refractivity contribution >= 4 is 23.5 Å². The number of aliphatic hydroxyl groups excluding tert-OH is 2. The fraction of sp³-hybridized carbons (Fsp3) is 1.00. The van der Waals surface area contributed by atoms with Crippen LogP contribution >= 0.6 is 23.5 Å². The molecule has 5 aliphatic rings. The van der Waals surface area contributed by atoms with E-state index in [0.717, 1.165) is 11.5 Å². The number of fused-ring (bicyclic) bond motifs is 2. The van der Waals surface area contributed by atoms with Crippen LogP contribution in [0.1, 0.15) is 41.5 Å². The van der Waals surface area contributed by atoms with Crippen LogP contribution in [0.25, 0.3) is 0 Å². The Labute approximate surface area is 193 Å². The molecule has 0 spiro atoms. The van der Waals surface area contributed by atoms with Crippen molar-refractivity contribution in [1.82, 2.24) is 0 Å². The van der Waals surface area contributed by atoms with Crippen molar-refractivity contribution in [3.05, 3.63) is 0 Å². The van der Waals surface area contributed by atoms with E-state index in [9.17, 15) is 5.11 Å². The molecule has 0 bridgehead atoms. The number of ether oxygens (including phenoxy) is 6. The van der Waals surface area contributed by atoms with Gasteiger partial charge in [0.25, 0.3) is 0 Å². The number of hydrogen-bond donors (Lipinski definition) is 2. The minimum Gasteiger partial charge on any atom is -0.394 e. The van der Waals surface area contributed by atoms with E-state index in [1.807, 2.05) is 53.3 Å². The molecule has 5 heterocycles. The van der Waals surface area contributed by atoms with Crippen LogP contribution in [-0.4, -0.2) is 99.4 Å². The minimum atomic E-state index is -0.715. The number of aliphatic hydroxyl groups is 2. The molecule has 8 nitrogen and oxygen atoms in total. The van der Waals surface area contributed by atoms with Gasteiger partial charge in [0.2, 0.25) is 0 Å². The highest BCUT2D eigenvalue weighted by Gasteiger charge is 2.54. The second-order valence-corrected chi connectivity index (χ2v) is 12.4. The highest BCUT2D eigenvalue weighted by atomic mass is 32.2. The lowest BCUT2D eigenvalue weighted by Crippen LogP contribution is -2.38. The van der Waals surface area contributed by atoms with Gasteiger partial charge in [0.15, 0.2) is 17.4 Å². The third-order valence-corrected chi connectivity index (χ3v) is 8.93. The van der Waals surface area contributed by atoms with Gasteiger partial charge in [-0.2, -0.15) is 23.5 Å². The van der Waals surface area contributed by atoms with E-state index < -0.39 is 23.5 Å². The second kappa shape index (κ2) is 8.87. The van der Waals surface area contributed by atoms with E-state index in [1.54, 1.807) is 11.8 Å². The van der Waals surface area contributed by atoms with Crippen molar-refractivity contribution in [3.63, 3.8) is 0 Å². The predicted molar refractivity (Wildman–Crippen MR) is 118 cm³/mol. The summed E-state index contributed by atoms with van der Waals surface area (Å²) in [4.78, 5) is 0. The first-order valence-electron chi connectivity index (χ1n) is 10.9. The van der Waals surface area contributed by atoms with Crippen LogP contribution in [0.3, 0.4) is 0 Å². The van der Waals surface area contributed by atoms with Gasteiger partial charge in [0, 0.05) is 11.5 Å². The van der Waals surface area contributed by atoms with E-state index in [-0.39, 0.29) is 42.4 Å². The van der Waals surface area contributed by atoms with Gasteiger partial charge in [-0.3, -0.25) is 0 Å². The zero-order valence-corrected chi connectivity index (χ0v) is 20.7. The lowest BCUT2D eigenvalue weighted by atomic mass is 10.1. The molecule has 10 heteroatoms. The standard InChI is InChI=1S/C12H20O4S.C9H16O4S/c1-11(2)13-5-7(14-11)10-9-8(6-17-10)15-12(3,4)16-9;1-9(2)12-6-4-14-8(5(11)3-10)7(6)13-9/h7-10H,5-6H2,1-4H3;5-8,10-11H,3-4H2,1-2H3/t7?,8-,9-,10+;5?,6-,7-,8+/m11/s1. The third-order valence-electron chi connectivity index (χ3n) is 5.96. The molecule has 0 radical (unpaired) electrons. The monoisotopic (exact) mass is 480 g/mol. The molecule has 0 saturated carbocycles. The van der Waals surface area contributed by atoms with Crippen molar-refractivity contribution in [3.8, 4) is 0 Å². The fourth-order valence-corrected chi connectivity index (χ4v) is 7.61. The van der Waals surface area contributed by atoms with Crippen molar-refractivity contribution < 1.29 is 38.6 Å². The van der Waals surface area contributed by atoms with E-state index >= 15 is 0 Å².